The monoisotopic (exact) mass is 310 g/mol. The largest absolute Gasteiger partial charge is 0.355 e. The number of amides is 2. The van der Waals surface area contributed by atoms with E-state index < -0.39 is 0 Å². The molecule has 0 spiro atoms. The van der Waals surface area contributed by atoms with Gasteiger partial charge in [0.1, 0.15) is 0 Å². The minimum atomic E-state index is -0.0932. The average molecular weight is 310 g/mol. The van der Waals surface area contributed by atoms with Gasteiger partial charge in [-0.05, 0) is 30.2 Å². The van der Waals surface area contributed by atoms with Crippen molar-refractivity contribution in [1.29, 1.82) is 0 Å². The number of aromatic nitrogens is 2. The van der Waals surface area contributed by atoms with Crippen molar-refractivity contribution in [2.45, 2.75) is 25.8 Å². The number of hydrogen-bond donors (Lipinski definition) is 1. The van der Waals surface area contributed by atoms with E-state index >= 15 is 0 Å². The molecule has 0 aliphatic carbocycles. The summed E-state index contributed by atoms with van der Waals surface area (Å²) < 4.78 is 0. The maximum absolute atomic E-state index is 12.7. The summed E-state index contributed by atoms with van der Waals surface area (Å²) in [4.78, 5) is 34.7. The molecule has 0 radical (unpaired) electrons. The fourth-order valence-electron chi connectivity index (χ4n) is 3.35. The Bertz CT molecular complexity index is 779. The molecule has 2 amide bonds. The number of fused-ring (bicyclic) bond motifs is 2. The molecule has 118 valence electrons. The number of piperidine rings is 1. The second kappa shape index (κ2) is 5.61. The zero-order chi connectivity index (χ0) is 15.8. The van der Waals surface area contributed by atoms with Gasteiger partial charge >= 0.3 is 0 Å². The molecule has 0 aromatic carbocycles. The third-order valence-corrected chi connectivity index (χ3v) is 4.66. The van der Waals surface area contributed by atoms with Crippen LogP contribution in [-0.4, -0.2) is 39.8 Å². The first-order valence-electron chi connectivity index (χ1n) is 8.00. The zero-order valence-corrected chi connectivity index (χ0v) is 12.8. The van der Waals surface area contributed by atoms with Crippen LogP contribution in [0.4, 0.5) is 0 Å². The first-order chi connectivity index (χ1) is 11.2. The van der Waals surface area contributed by atoms with E-state index in [4.69, 9.17) is 0 Å². The molecule has 2 aliphatic heterocycles. The normalized spacial score (nSPS) is 21.0. The lowest BCUT2D eigenvalue weighted by atomic mass is 9.96. The Balaban J connectivity index is 1.55. The molecule has 23 heavy (non-hydrogen) atoms. The van der Waals surface area contributed by atoms with E-state index in [1.165, 1.54) is 0 Å². The number of rotatable bonds is 1. The summed E-state index contributed by atoms with van der Waals surface area (Å²) in [5.74, 6) is 0.0903. The van der Waals surface area contributed by atoms with Gasteiger partial charge in [-0.2, -0.15) is 0 Å². The second-order valence-electron chi connectivity index (χ2n) is 6.19. The Morgan fingerprint density at radius 1 is 1.35 bits per heavy atom. The summed E-state index contributed by atoms with van der Waals surface area (Å²) in [6.45, 7) is 1.74. The highest BCUT2D eigenvalue weighted by Crippen LogP contribution is 2.24. The van der Waals surface area contributed by atoms with Crippen molar-refractivity contribution < 1.29 is 9.59 Å². The third kappa shape index (κ3) is 2.65. The van der Waals surface area contributed by atoms with Gasteiger partial charge < -0.3 is 10.2 Å². The Labute approximate surface area is 133 Å². The lowest BCUT2D eigenvalue weighted by molar-refractivity contribution is -0.138. The number of nitrogens with zero attached hydrogens (tertiary/aromatic N) is 3. The van der Waals surface area contributed by atoms with Gasteiger partial charge in [-0.3, -0.25) is 9.59 Å². The van der Waals surface area contributed by atoms with Crippen LogP contribution in [-0.2, 0) is 22.6 Å². The molecule has 2 aromatic heterocycles. The molecular weight excluding hydrogens is 292 g/mol. The highest BCUT2D eigenvalue weighted by Gasteiger charge is 2.30. The maximum Gasteiger partial charge on any atom is 0.227 e. The van der Waals surface area contributed by atoms with Crippen LogP contribution >= 0.6 is 0 Å². The first-order valence-corrected chi connectivity index (χ1v) is 8.00. The summed E-state index contributed by atoms with van der Waals surface area (Å²) in [5.41, 5.74) is 2.91. The van der Waals surface area contributed by atoms with Gasteiger partial charge in [-0.25, -0.2) is 9.97 Å². The van der Waals surface area contributed by atoms with Crippen LogP contribution in [0.1, 0.15) is 24.1 Å². The highest BCUT2D eigenvalue weighted by molar-refractivity contribution is 5.84. The predicted molar refractivity (Wildman–Crippen MR) is 84.4 cm³/mol. The van der Waals surface area contributed by atoms with Gasteiger partial charge in [0, 0.05) is 49.8 Å². The Hall–Kier alpha value is -2.50. The van der Waals surface area contributed by atoms with E-state index in [1.807, 2.05) is 17.0 Å². The molecule has 2 aromatic rings. The number of nitrogens with one attached hydrogen (secondary N) is 1. The van der Waals surface area contributed by atoms with Gasteiger partial charge in [-0.15, -0.1) is 0 Å². The fourth-order valence-corrected chi connectivity index (χ4v) is 3.35. The molecule has 2 aliphatic rings. The summed E-state index contributed by atoms with van der Waals surface area (Å²) in [5, 5.41) is 3.79. The smallest absolute Gasteiger partial charge is 0.227 e. The van der Waals surface area contributed by atoms with Crippen molar-refractivity contribution in [2.75, 3.05) is 13.1 Å². The van der Waals surface area contributed by atoms with E-state index in [-0.39, 0.29) is 17.7 Å². The van der Waals surface area contributed by atoms with Gasteiger partial charge in [0.25, 0.3) is 0 Å². The Morgan fingerprint density at radius 2 is 2.26 bits per heavy atom. The van der Waals surface area contributed by atoms with Crippen LogP contribution in [0.15, 0.2) is 24.4 Å². The fraction of sp³-hybridized carbons (Fsp3) is 0.412. The van der Waals surface area contributed by atoms with Crippen LogP contribution in [0.2, 0.25) is 0 Å². The average Bonchev–Trinajstić information content (AvgIpc) is 2.59. The van der Waals surface area contributed by atoms with Crippen molar-refractivity contribution in [1.82, 2.24) is 20.2 Å². The third-order valence-electron chi connectivity index (χ3n) is 4.66. The second-order valence-corrected chi connectivity index (χ2v) is 6.19. The maximum atomic E-state index is 12.7. The summed E-state index contributed by atoms with van der Waals surface area (Å²) in [7, 11) is 0. The molecule has 4 heterocycles. The number of hydrogen-bond acceptors (Lipinski definition) is 4. The van der Waals surface area contributed by atoms with E-state index in [9.17, 15) is 9.59 Å². The van der Waals surface area contributed by atoms with Crippen LogP contribution in [0.3, 0.4) is 0 Å². The Kier molecular flexibility index (Phi) is 3.44. The molecule has 1 fully saturated rings. The molecule has 4 rings (SSSR count). The molecule has 6 nitrogen and oxygen atoms in total. The van der Waals surface area contributed by atoms with Crippen LogP contribution in [0.5, 0.6) is 0 Å². The summed E-state index contributed by atoms with van der Waals surface area (Å²) in [6, 6.07) is 5.98. The molecule has 1 N–H and O–H groups in total. The number of pyridine rings is 2. The van der Waals surface area contributed by atoms with Crippen LogP contribution < -0.4 is 5.32 Å². The predicted octanol–water partition coefficient (Wildman–Crippen LogP) is 1.04. The summed E-state index contributed by atoms with van der Waals surface area (Å²) >= 11 is 0. The van der Waals surface area contributed by atoms with E-state index in [0.29, 0.717) is 32.5 Å². The molecule has 6 heteroatoms. The van der Waals surface area contributed by atoms with Crippen LogP contribution in [0.25, 0.3) is 11.0 Å². The van der Waals surface area contributed by atoms with E-state index in [1.54, 1.807) is 6.20 Å². The van der Waals surface area contributed by atoms with Gasteiger partial charge in [-0.1, -0.05) is 0 Å². The molecule has 0 bridgehead atoms. The van der Waals surface area contributed by atoms with E-state index in [2.05, 4.69) is 21.4 Å². The van der Waals surface area contributed by atoms with Gasteiger partial charge in [0.2, 0.25) is 11.8 Å². The van der Waals surface area contributed by atoms with Crippen LogP contribution in [0, 0.1) is 5.92 Å². The zero-order valence-electron chi connectivity index (χ0n) is 12.8. The van der Waals surface area contributed by atoms with Gasteiger partial charge in [0.15, 0.2) is 5.65 Å². The lowest BCUT2D eigenvalue weighted by Crippen LogP contribution is -2.46. The lowest BCUT2D eigenvalue weighted by Gasteiger charge is -2.32. The van der Waals surface area contributed by atoms with Crippen molar-refractivity contribution in [3.63, 3.8) is 0 Å². The SMILES string of the molecule is O=C1CCC(C(=O)N2CCc3nc4ncccc4cc3C2)CN1. The molecule has 1 atom stereocenters. The quantitative estimate of drug-likeness (QED) is 0.854. The van der Waals surface area contributed by atoms with E-state index in [0.717, 1.165) is 28.7 Å². The molecule has 1 saturated heterocycles. The number of carbonyl (C=O) groups is 2. The topological polar surface area (TPSA) is 75.2 Å². The molecular formula is C17H18N4O2. The van der Waals surface area contributed by atoms with Crippen molar-refractivity contribution in [3.05, 3.63) is 35.7 Å². The minimum Gasteiger partial charge on any atom is -0.355 e. The van der Waals surface area contributed by atoms with Crippen molar-refractivity contribution in [2.24, 2.45) is 5.92 Å². The summed E-state index contributed by atoms with van der Waals surface area (Å²) in [6.07, 6.45) is 3.59. The van der Waals surface area contributed by atoms with Crippen molar-refractivity contribution >= 4 is 22.8 Å². The number of carbonyl (C=O) groups excluding carboxylic acids is 2. The minimum absolute atomic E-state index is 0.0428. The standard InChI is InChI=1S/C17H18N4O2/c22-15-4-3-12(9-19-15)17(23)21-7-5-14-13(10-21)8-11-2-1-6-18-16(11)20-14/h1-2,6,8,12H,3-5,7,9-10H2,(H,19,22). The first kappa shape index (κ1) is 14.1. The highest BCUT2D eigenvalue weighted by atomic mass is 16.2. The molecule has 1 unspecified atom stereocenters. The Morgan fingerprint density at radius 3 is 3.09 bits per heavy atom. The molecule has 0 saturated carbocycles. The van der Waals surface area contributed by atoms with Crippen molar-refractivity contribution in [3.8, 4) is 0 Å². The van der Waals surface area contributed by atoms with Gasteiger partial charge in [0.05, 0.1) is 5.92 Å².